The number of methoxy groups -OCH3 is 1. The van der Waals surface area contributed by atoms with Gasteiger partial charge in [0.05, 0.1) is 12.0 Å². The van der Waals surface area contributed by atoms with Gasteiger partial charge in [-0.1, -0.05) is 0 Å². The predicted molar refractivity (Wildman–Crippen MR) is 88.1 cm³/mol. The van der Waals surface area contributed by atoms with Crippen molar-refractivity contribution < 1.29 is 14.3 Å². The molecule has 0 saturated carbocycles. The molecule has 0 bridgehead atoms. The highest BCUT2D eigenvalue weighted by Gasteiger charge is 2.42. The van der Waals surface area contributed by atoms with E-state index in [0.717, 1.165) is 51.9 Å². The number of carbonyl (C=O) groups is 1. The molecule has 0 amide bonds. The van der Waals surface area contributed by atoms with Crippen molar-refractivity contribution in [3.05, 3.63) is 18.5 Å². The van der Waals surface area contributed by atoms with Crippen LogP contribution in [-0.4, -0.2) is 60.6 Å². The van der Waals surface area contributed by atoms with Crippen LogP contribution in [0.25, 0.3) is 0 Å². The molecule has 1 aromatic heterocycles. The van der Waals surface area contributed by atoms with Crippen LogP contribution in [-0.2, 0) is 20.8 Å². The maximum absolute atomic E-state index is 12.5. The van der Waals surface area contributed by atoms with Gasteiger partial charge in [0.25, 0.3) is 0 Å². The van der Waals surface area contributed by atoms with Crippen LogP contribution in [0.4, 0.5) is 0 Å². The molecule has 1 aliphatic rings. The minimum absolute atomic E-state index is 0.0613. The fourth-order valence-electron chi connectivity index (χ4n) is 3.36. The minimum Gasteiger partial charge on any atom is -0.466 e. The van der Waals surface area contributed by atoms with E-state index in [9.17, 15) is 4.79 Å². The number of piperidine rings is 1. The predicted octanol–water partition coefficient (Wildman–Crippen LogP) is 1.95. The lowest BCUT2D eigenvalue weighted by molar-refractivity contribution is -0.160. The number of likely N-dealkylation sites (tertiary alicyclic amines) is 1. The second-order valence-corrected chi connectivity index (χ2v) is 6.25. The summed E-state index contributed by atoms with van der Waals surface area (Å²) in [5.74, 6) is -0.0613. The van der Waals surface area contributed by atoms with Gasteiger partial charge in [0.1, 0.15) is 0 Å². The van der Waals surface area contributed by atoms with E-state index in [1.54, 1.807) is 13.3 Å². The summed E-state index contributed by atoms with van der Waals surface area (Å²) in [6.07, 6.45) is 7.48. The number of carbonyl (C=O) groups excluding carboxylic acids is 1. The molecule has 0 aromatic carbocycles. The van der Waals surface area contributed by atoms with Crippen molar-refractivity contribution >= 4 is 5.97 Å². The van der Waals surface area contributed by atoms with Gasteiger partial charge in [-0.2, -0.15) is 5.10 Å². The molecule has 2 heterocycles. The fourth-order valence-corrected chi connectivity index (χ4v) is 3.36. The van der Waals surface area contributed by atoms with E-state index in [2.05, 4.69) is 10.00 Å². The monoisotopic (exact) mass is 323 g/mol. The summed E-state index contributed by atoms with van der Waals surface area (Å²) in [5, 5.41) is 4.23. The number of aromatic nitrogens is 2. The first-order chi connectivity index (χ1) is 11.2. The third-order valence-electron chi connectivity index (χ3n) is 4.57. The molecule has 1 aliphatic heterocycles. The van der Waals surface area contributed by atoms with Crippen LogP contribution in [0, 0.1) is 5.41 Å². The Morgan fingerprint density at radius 1 is 1.39 bits per heavy atom. The molecule has 1 saturated heterocycles. The summed E-state index contributed by atoms with van der Waals surface area (Å²) in [5.41, 5.74) is -0.407. The maximum atomic E-state index is 12.5. The Bertz CT molecular complexity index is 464. The molecule has 1 fully saturated rings. The molecular formula is C17H29N3O3. The van der Waals surface area contributed by atoms with Gasteiger partial charge in [-0.05, 0) is 51.8 Å². The van der Waals surface area contributed by atoms with Gasteiger partial charge in [-0.3, -0.25) is 9.48 Å². The Hall–Kier alpha value is -1.40. The topological polar surface area (TPSA) is 56.6 Å². The maximum Gasteiger partial charge on any atom is 0.313 e. The summed E-state index contributed by atoms with van der Waals surface area (Å²) in [6, 6.07) is 1.94. The summed E-state index contributed by atoms with van der Waals surface area (Å²) in [6.45, 7) is 6.61. The first-order valence-corrected chi connectivity index (χ1v) is 8.56. The number of nitrogens with zero attached hydrogens (tertiary/aromatic N) is 3. The third kappa shape index (κ3) is 5.04. The summed E-state index contributed by atoms with van der Waals surface area (Å²) in [4.78, 5) is 14.9. The summed E-state index contributed by atoms with van der Waals surface area (Å²) in [7, 11) is 1.68. The Morgan fingerprint density at radius 3 is 2.96 bits per heavy atom. The van der Waals surface area contributed by atoms with Crippen LogP contribution in [0.2, 0.25) is 0 Å². The zero-order valence-electron chi connectivity index (χ0n) is 14.4. The Balaban J connectivity index is 1.90. The Morgan fingerprint density at radius 2 is 2.26 bits per heavy atom. The lowest BCUT2D eigenvalue weighted by Gasteiger charge is -2.41. The van der Waals surface area contributed by atoms with E-state index in [1.807, 2.05) is 23.9 Å². The fraction of sp³-hybridized carbons (Fsp3) is 0.765. The first-order valence-electron chi connectivity index (χ1n) is 8.56. The van der Waals surface area contributed by atoms with Crippen LogP contribution >= 0.6 is 0 Å². The number of hydrogen-bond acceptors (Lipinski definition) is 5. The van der Waals surface area contributed by atoms with E-state index >= 15 is 0 Å². The number of rotatable bonds is 9. The zero-order chi connectivity index (χ0) is 16.5. The van der Waals surface area contributed by atoms with Crippen molar-refractivity contribution in [2.75, 3.05) is 40.0 Å². The summed E-state index contributed by atoms with van der Waals surface area (Å²) >= 11 is 0. The van der Waals surface area contributed by atoms with Gasteiger partial charge in [-0.15, -0.1) is 0 Å². The molecule has 0 aliphatic carbocycles. The smallest absolute Gasteiger partial charge is 0.313 e. The largest absolute Gasteiger partial charge is 0.466 e. The third-order valence-corrected chi connectivity index (χ3v) is 4.57. The van der Waals surface area contributed by atoms with Gasteiger partial charge in [0.15, 0.2) is 0 Å². The number of hydrogen-bond donors (Lipinski definition) is 0. The van der Waals surface area contributed by atoms with Crippen molar-refractivity contribution in [2.24, 2.45) is 5.41 Å². The normalized spacial score (nSPS) is 22.2. The molecule has 0 spiro atoms. The van der Waals surface area contributed by atoms with Crippen molar-refractivity contribution in [3.63, 3.8) is 0 Å². The van der Waals surface area contributed by atoms with Gasteiger partial charge < -0.3 is 14.4 Å². The van der Waals surface area contributed by atoms with E-state index < -0.39 is 5.41 Å². The average Bonchev–Trinajstić information content (AvgIpc) is 3.07. The zero-order valence-corrected chi connectivity index (χ0v) is 14.4. The van der Waals surface area contributed by atoms with Crippen LogP contribution in [0.5, 0.6) is 0 Å². The number of ether oxygens (including phenoxy) is 2. The molecule has 1 atom stereocenters. The van der Waals surface area contributed by atoms with Crippen molar-refractivity contribution in [2.45, 2.75) is 39.2 Å². The van der Waals surface area contributed by atoms with Crippen LogP contribution in [0.3, 0.4) is 0 Å². The molecule has 0 radical (unpaired) electrons. The molecule has 23 heavy (non-hydrogen) atoms. The van der Waals surface area contributed by atoms with Crippen LogP contribution in [0.15, 0.2) is 18.5 Å². The van der Waals surface area contributed by atoms with Crippen molar-refractivity contribution in [1.29, 1.82) is 0 Å². The lowest BCUT2D eigenvalue weighted by atomic mass is 9.77. The van der Waals surface area contributed by atoms with Gasteiger partial charge >= 0.3 is 5.97 Å². The highest BCUT2D eigenvalue weighted by Crippen LogP contribution is 2.35. The minimum atomic E-state index is -0.407. The Labute approximate surface area is 138 Å². The molecule has 130 valence electrons. The molecule has 1 unspecified atom stereocenters. The molecular weight excluding hydrogens is 294 g/mol. The van der Waals surface area contributed by atoms with E-state index in [1.165, 1.54) is 0 Å². The average molecular weight is 323 g/mol. The van der Waals surface area contributed by atoms with Gasteiger partial charge in [0.2, 0.25) is 0 Å². The summed E-state index contributed by atoms with van der Waals surface area (Å²) < 4.78 is 12.5. The van der Waals surface area contributed by atoms with E-state index in [4.69, 9.17) is 9.47 Å². The second-order valence-electron chi connectivity index (χ2n) is 6.25. The first kappa shape index (κ1) is 17.9. The second kappa shape index (κ2) is 9.03. The molecule has 6 heteroatoms. The molecule has 6 nitrogen and oxygen atoms in total. The molecule has 2 rings (SSSR count). The SMILES string of the molecule is CCOC(=O)C1(CCOC)CCCN(CCCn2cccn2)C1. The van der Waals surface area contributed by atoms with E-state index in [-0.39, 0.29) is 5.97 Å². The number of esters is 1. The molecule has 0 N–H and O–H groups in total. The van der Waals surface area contributed by atoms with Crippen molar-refractivity contribution in [1.82, 2.24) is 14.7 Å². The van der Waals surface area contributed by atoms with Crippen LogP contribution < -0.4 is 0 Å². The Kier molecular flexibility index (Phi) is 7.05. The van der Waals surface area contributed by atoms with E-state index in [0.29, 0.717) is 13.2 Å². The van der Waals surface area contributed by atoms with Gasteiger partial charge in [-0.25, -0.2) is 0 Å². The molecule has 1 aromatic rings. The van der Waals surface area contributed by atoms with Crippen LogP contribution in [0.1, 0.15) is 32.6 Å². The number of aryl methyl sites for hydroxylation is 1. The quantitative estimate of drug-likeness (QED) is 0.650. The lowest BCUT2D eigenvalue weighted by Crippen LogP contribution is -2.49. The standard InChI is InChI=1S/C17H29N3O3/c1-3-23-16(21)17(8-14-22-2)7-4-10-19(15-17)11-6-13-20-12-5-9-18-20/h5,9,12H,3-4,6-8,10-11,13-15H2,1-2H3. The highest BCUT2D eigenvalue weighted by atomic mass is 16.5. The highest BCUT2D eigenvalue weighted by molar-refractivity contribution is 5.77. The van der Waals surface area contributed by atoms with Crippen molar-refractivity contribution in [3.8, 4) is 0 Å². The van der Waals surface area contributed by atoms with Gasteiger partial charge in [0, 0.05) is 39.2 Å².